The average Bonchev–Trinajstić information content (AvgIpc) is 2.68. The van der Waals surface area contributed by atoms with Crippen molar-refractivity contribution in [2.45, 2.75) is 38.5 Å². The number of sulfonamides is 1. The molecule has 0 aliphatic rings. The molecule has 6 heteroatoms. The molecule has 3 rings (SSSR count). The number of hydrogen-bond acceptors (Lipinski definition) is 4. The van der Waals surface area contributed by atoms with Gasteiger partial charge < -0.3 is 4.74 Å². The highest BCUT2D eigenvalue weighted by Crippen LogP contribution is 2.32. The van der Waals surface area contributed by atoms with Gasteiger partial charge in [0.25, 0.3) is 10.0 Å². The Kier molecular flexibility index (Phi) is 5.65. The van der Waals surface area contributed by atoms with Crippen molar-refractivity contribution in [2.24, 2.45) is 0 Å². The molecular weight excluding hydrogens is 360 g/mol. The highest BCUT2D eigenvalue weighted by Gasteiger charge is 2.22. The number of para-hydroxylation sites is 1. The van der Waals surface area contributed by atoms with Crippen LogP contribution < -0.4 is 9.46 Å². The van der Waals surface area contributed by atoms with Gasteiger partial charge in [0.05, 0.1) is 17.2 Å². The van der Waals surface area contributed by atoms with E-state index in [2.05, 4.69) is 9.71 Å². The van der Waals surface area contributed by atoms with Crippen LogP contribution in [-0.2, 0) is 22.9 Å². The number of rotatable bonds is 7. The van der Waals surface area contributed by atoms with Crippen molar-refractivity contribution >= 4 is 26.6 Å². The molecule has 1 aromatic heterocycles. The van der Waals surface area contributed by atoms with E-state index in [-0.39, 0.29) is 4.90 Å². The van der Waals surface area contributed by atoms with Gasteiger partial charge in [-0.1, -0.05) is 32.0 Å². The molecule has 0 fully saturated rings. The van der Waals surface area contributed by atoms with Gasteiger partial charge in [0.2, 0.25) is 0 Å². The quantitative estimate of drug-likeness (QED) is 0.648. The summed E-state index contributed by atoms with van der Waals surface area (Å²) in [5, 5.41) is 0.544. The minimum atomic E-state index is -3.78. The number of ether oxygens (including phenoxy) is 1. The maximum Gasteiger partial charge on any atom is 0.262 e. The summed E-state index contributed by atoms with van der Waals surface area (Å²) in [6, 6.07) is 12.6. The molecule has 1 heterocycles. The average molecular weight is 385 g/mol. The molecule has 0 bridgehead atoms. The van der Waals surface area contributed by atoms with E-state index in [1.165, 1.54) is 0 Å². The maximum absolute atomic E-state index is 13.2. The molecule has 0 amide bonds. The topological polar surface area (TPSA) is 68.3 Å². The molecule has 0 saturated heterocycles. The van der Waals surface area contributed by atoms with Crippen molar-refractivity contribution in [1.82, 2.24) is 4.98 Å². The molecule has 0 aliphatic heterocycles. The Labute approximate surface area is 160 Å². The van der Waals surface area contributed by atoms with Crippen LogP contribution in [0.5, 0.6) is 5.75 Å². The second-order valence-corrected chi connectivity index (χ2v) is 7.81. The molecule has 0 atom stereocenters. The van der Waals surface area contributed by atoms with Crippen LogP contribution in [0, 0.1) is 0 Å². The first kappa shape index (κ1) is 19.2. The van der Waals surface area contributed by atoms with E-state index in [9.17, 15) is 8.42 Å². The molecule has 27 heavy (non-hydrogen) atoms. The van der Waals surface area contributed by atoms with E-state index in [1.54, 1.807) is 30.5 Å². The highest BCUT2D eigenvalue weighted by molar-refractivity contribution is 7.93. The van der Waals surface area contributed by atoms with Gasteiger partial charge in [-0.25, -0.2) is 8.42 Å². The van der Waals surface area contributed by atoms with Crippen LogP contribution in [0.3, 0.4) is 0 Å². The van der Waals surface area contributed by atoms with Gasteiger partial charge in [0.1, 0.15) is 11.3 Å². The van der Waals surface area contributed by atoms with E-state index >= 15 is 0 Å². The molecule has 1 N–H and O–H groups in total. The fraction of sp³-hybridized carbons (Fsp3) is 0.286. The highest BCUT2D eigenvalue weighted by atomic mass is 32.2. The van der Waals surface area contributed by atoms with Crippen LogP contribution in [0.15, 0.2) is 53.6 Å². The monoisotopic (exact) mass is 384 g/mol. The molecule has 0 aliphatic carbocycles. The van der Waals surface area contributed by atoms with Crippen molar-refractivity contribution in [3.8, 4) is 5.75 Å². The number of fused-ring (bicyclic) bond motifs is 1. The largest absolute Gasteiger partial charge is 0.492 e. The zero-order valence-corrected chi connectivity index (χ0v) is 16.6. The molecule has 0 spiro atoms. The van der Waals surface area contributed by atoms with Gasteiger partial charge >= 0.3 is 0 Å². The lowest BCUT2D eigenvalue weighted by Crippen LogP contribution is -2.16. The van der Waals surface area contributed by atoms with Crippen LogP contribution in [-0.4, -0.2) is 20.0 Å². The number of pyridine rings is 1. The van der Waals surface area contributed by atoms with Crippen LogP contribution >= 0.6 is 0 Å². The van der Waals surface area contributed by atoms with Crippen LogP contribution in [0.4, 0.5) is 5.69 Å². The smallest absolute Gasteiger partial charge is 0.262 e. The molecule has 0 unspecified atom stereocenters. The van der Waals surface area contributed by atoms with Gasteiger partial charge in [-0.3, -0.25) is 9.71 Å². The zero-order chi connectivity index (χ0) is 19.4. The molecular formula is C21H24N2O3S. The number of aromatic nitrogens is 1. The van der Waals surface area contributed by atoms with Crippen LogP contribution in [0.2, 0.25) is 0 Å². The number of anilines is 1. The molecule has 0 saturated carbocycles. The Morgan fingerprint density at radius 2 is 1.67 bits per heavy atom. The minimum Gasteiger partial charge on any atom is -0.492 e. The Morgan fingerprint density at radius 1 is 0.963 bits per heavy atom. The third-order valence-corrected chi connectivity index (χ3v) is 5.93. The predicted molar refractivity (Wildman–Crippen MR) is 109 cm³/mol. The first-order valence-electron chi connectivity index (χ1n) is 9.15. The van der Waals surface area contributed by atoms with E-state index < -0.39 is 10.0 Å². The van der Waals surface area contributed by atoms with Crippen LogP contribution in [0.25, 0.3) is 10.9 Å². The Bertz CT molecular complexity index is 1040. The maximum atomic E-state index is 13.2. The van der Waals surface area contributed by atoms with Gasteiger partial charge in [0.15, 0.2) is 0 Å². The summed E-state index contributed by atoms with van der Waals surface area (Å²) >= 11 is 0. The molecule has 2 aromatic carbocycles. The first-order valence-corrected chi connectivity index (χ1v) is 10.6. The third-order valence-electron chi connectivity index (χ3n) is 4.52. The number of aryl methyl sites for hydroxylation is 2. The number of nitrogens with zero attached hydrogens (tertiary/aromatic N) is 1. The number of hydrogen-bond donors (Lipinski definition) is 1. The Morgan fingerprint density at radius 3 is 2.30 bits per heavy atom. The van der Waals surface area contributed by atoms with Gasteiger partial charge in [-0.15, -0.1) is 0 Å². The van der Waals surface area contributed by atoms with E-state index in [0.29, 0.717) is 28.9 Å². The summed E-state index contributed by atoms with van der Waals surface area (Å²) in [7, 11) is -3.78. The lowest BCUT2D eigenvalue weighted by molar-refractivity contribution is 0.343. The summed E-state index contributed by atoms with van der Waals surface area (Å²) in [5.74, 6) is 0.579. The summed E-state index contributed by atoms with van der Waals surface area (Å²) in [4.78, 5) is 4.53. The van der Waals surface area contributed by atoms with E-state index in [0.717, 1.165) is 24.0 Å². The summed E-state index contributed by atoms with van der Waals surface area (Å²) in [6.45, 7) is 6.40. The van der Waals surface area contributed by atoms with Gasteiger partial charge in [0, 0.05) is 11.6 Å². The standard InChI is InChI=1S/C21H24N2O3S/c1-4-15-9-7-10-16(5-2)20(15)23-27(24,25)19-13-12-18(26-6-3)21-17(19)11-8-14-22-21/h7-14,23H,4-6H2,1-3H3. The predicted octanol–water partition coefficient (Wildman–Crippen LogP) is 4.56. The normalized spacial score (nSPS) is 11.5. The molecule has 0 radical (unpaired) electrons. The summed E-state index contributed by atoms with van der Waals surface area (Å²) in [6.07, 6.45) is 3.13. The fourth-order valence-electron chi connectivity index (χ4n) is 3.19. The SMILES string of the molecule is CCOc1ccc(S(=O)(=O)Nc2c(CC)cccc2CC)c2cccnc12. The van der Waals surface area contributed by atoms with Crippen molar-refractivity contribution in [3.63, 3.8) is 0 Å². The van der Waals surface area contributed by atoms with E-state index in [4.69, 9.17) is 4.74 Å². The fourth-order valence-corrected chi connectivity index (χ4v) is 4.53. The summed E-state index contributed by atoms with van der Waals surface area (Å²) in [5.41, 5.74) is 3.17. The molecule has 3 aromatic rings. The summed E-state index contributed by atoms with van der Waals surface area (Å²) < 4.78 is 34.9. The minimum absolute atomic E-state index is 0.196. The second kappa shape index (κ2) is 7.96. The zero-order valence-electron chi connectivity index (χ0n) is 15.8. The first-order chi connectivity index (χ1) is 13.0. The Hall–Kier alpha value is -2.60. The molecule has 5 nitrogen and oxygen atoms in total. The number of nitrogens with one attached hydrogen (secondary N) is 1. The van der Waals surface area contributed by atoms with Crippen molar-refractivity contribution in [1.29, 1.82) is 0 Å². The van der Waals surface area contributed by atoms with Crippen LogP contribution in [0.1, 0.15) is 31.9 Å². The van der Waals surface area contributed by atoms with Gasteiger partial charge in [-0.05, 0) is 55.2 Å². The van der Waals surface area contributed by atoms with Crippen molar-refractivity contribution in [3.05, 3.63) is 59.8 Å². The van der Waals surface area contributed by atoms with E-state index in [1.807, 2.05) is 39.0 Å². The number of benzene rings is 2. The lowest BCUT2D eigenvalue weighted by Gasteiger charge is -2.17. The van der Waals surface area contributed by atoms with Crippen molar-refractivity contribution < 1.29 is 13.2 Å². The third kappa shape index (κ3) is 3.76. The Balaban J connectivity index is 2.14. The van der Waals surface area contributed by atoms with Crippen molar-refractivity contribution in [2.75, 3.05) is 11.3 Å². The van der Waals surface area contributed by atoms with Gasteiger partial charge in [-0.2, -0.15) is 0 Å². The second-order valence-electron chi connectivity index (χ2n) is 6.16. The molecule has 142 valence electrons. The lowest BCUT2D eigenvalue weighted by atomic mass is 10.0.